The van der Waals surface area contributed by atoms with Crippen molar-refractivity contribution < 1.29 is 9.53 Å². The van der Waals surface area contributed by atoms with Crippen molar-refractivity contribution in [1.29, 1.82) is 0 Å². The second-order valence-electron chi connectivity index (χ2n) is 4.07. The van der Waals surface area contributed by atoms with Gasteiger partial charge in [0.05, 0.1) is 5.56 Å². The summed E-state index contributed by atoms with van der Waals surface area (Å²) >= 11 is 0. The van der Waals surface area contributed by atoms with Crippen molar-refractivity contribution in [3.05, 3.63) is 65.2 Å². The fourth-order valence-electron chi connectivity index (χ4n) is 1.46. The summed E-state index contributed by atoms with van der Waals surface area (Å²) in [5.74, 6) is 0.245. The van der Waals surface area contributed by atoms with Crippen LogP contribution in [0.1, 0.15) is 35.3 Å². The minimum atomic E-state index is -0.325. The summed E-state index contributed by atoms with van der Waals surface area (Å²) in [4.78, 5) is 11.8. The molecule has 0 radical (unpaired) electrons. The molecular weight excluding hydrogens is 236 g/mol. The van der Waals surface area contributed by atoms with E-state index in [4.69, 9.17) is 4.74 Å². The third-order valence-electron chi connectivity index (χ3n) is 2.52. The molecule has 0 atom stereocenters. The van der Waals surface area contributed by atoms with E-state index in [2.05, 4.69) is 0 Å². The summed E-state index contributed by atoms with van der Waals surface area (Å²) in [6, 6.07) is 14.7. The lowest BCUT2D eigenvalue weighted by Gasteiger charge is -2.04. The molecule has 0 fully saturated rings. The van der Waals surface area contributed by atoms with Crippen molar-refractivity contribution in [2.45, 2.75) is 27.7 Å². The lowest BCUT2D eigenvalue weighted by molar-refractivity contribution is 0.0735. The van der Waals surface area contributed by atoms with Crippen LogP contribution < -0.4 is 4.74 Å². The van der Waals surface area contributed by atoms with E-state index in [1.54, 1.807) is 24.3 Å². The zero-order valence-corrected chi connectivity index (χ0v) is 11.9. The molecule has 0 aliphatic rings. The number of aryl methyl sites for hydroxylation is 2. The van der Waals surface area contributed by atoms with E-state index < -0.39 is 0 Å². The van der Waals surface area contributed by atoms with Crippen LogP contribution in [0.25, 0.3) is 0 Å². The highest BCUT2D eigenvalue weighted by Crippen LogP contribution is 2.14. The molecule has 0 N–H and O–H groups in total. The van der Waals surface area contributed by atoms with Gasteiger partial charge >= 0.3 is 5.97 Å². The van der Waals surface area contributed by atoms with Gasteiger partial charge < -0.3 is 4.74 Å². The maximum absolute atomic E-state index is 11.8. The van der Waals surface area contributed by atoms with E-state index in [0.29, 0.717) is 11.3 Å². The van der Waals surface area contributed by atoms with Gasteiger partial charge in [-0.15, -0.1) is 0 Å². The largest absolute Gasteiger partial charge is 0.423 e. The number of rotatable bonds is 2. The van der Waals surface area contributed by atoms with Gasteiger partial charge in [0.1, 0.15) is 5.75 Å². The third-order valence-corrected chi connectivity index (χ3v) is 2.52. The highest BCUT2D eigenvalue weighted by atomic mass is 16.5. The SMILES string of the molecule is CC.Cc1ccc(OC(=O)c2ccc(C)cc2)cc1. The van der Waals surface area contributed by atoms with E-state index in [1.807, 2.05) is 52.0 Å². The van der Waals surface area contributed by atoms with Crippen LogP contribution in [0, 0.1) is 13.8 Å². The van der Waals surface area contributed by atoms with Gasteiger partial charge in [-0.05, 0) is 38.1 Å². The first-order chi connectivity index (χ1) is 9.15. The van der Waals surface area contributed by atoms with E-state index in [0.717, 1.165) is 11.1 Å². The Labute approximate surface area is 115 Å². The standard InChI is InChI=1S/C15H14O2.C2H6/c1-11-3-7-13(8-4-11)15(16)17-14-9-5-12(2)6-10-14;1-2/h3-10H,1-2H3;1-2H3. The number of benzene rings is 2. The maximum Gasteiger partial charge on any atom is 0.343 e. The Morgan fingerprint density at radius 2 is 1.21 bits per heavy atom. The number of ether oxygens (including phenoxy) is 1. The molecule has 0 amide bonds. The lowest BCUT2D eigenvalue weighted by Crippen LogP contribution is -2.08. The number of hydrogen-bond acceptors (Lipinski definition) is 2. The van der Waals surface area contributed by atoms with Gasteiger partial charge in [0.2, 0.25) is 0 Å². The molecule has 100 valence electrons. The molecule has 19 heavy (non-hydrogen) atoms. The summed E-state index contributed by atoms with van der Waals surface area (Å²) in [6.07, 6.45) is 0. The Kier molecular flexibility index (Phi) is 5.80. The van der Waals surface area contributed by atoms with Crippen molar-refractivity contribution in [1.82, 2.24) is 0 Å². The van der Waals surface area contributed by atoms with Gasteiger partial charge in [-0.25, -0.2) is 4.79 Å². The first kappa shape index (κ1) is 15.0. The molecule has 0 spiro atoms. The predicted molar refractivity (Wildman–Crippen MR) is 78.7 cm³/mol. The van der Waals surface area contributed by atoms with Crippen molar-refractivity contribution in [3.63, 3.8) is 0 Å². The van der Waals surface area contributed by atoms with Crippen LogP contribution in [-0.4, -0.2) is 5.97 Å². The van der Waals surface area contributed by atoms with Crippen LogP contribution in [0.2, 0.25) is 0 Å². The van der Waals surface area contributed by atoms with Crippen LogP contribution in [0.3, 0.4) is 0 Å². The Morgan fingerprint density at radius 1 is 0.789 bits per heavy atom. The molecule has 0 unspecified atom stereocenters. The monoisotopic (exact) mass is 256 g/mol. The van der Waals surface area contributed by atoms with Gasteiger partial charge in [-0.2, -0.15) is 0 Å². The lowest BCUT2D eigenvalue weighted by atomic mass is 10.1. The summed E-state index contributed by atoms with van der Waals surface area (Å²) in [7, 11) is 0. The molecule has 2 heteroatoms. The second-order valence-corrected chi connectivity index (χ2v) is 4.07. The van der Waals surface area contributed by atoms with Crippen molar-refractivity contribution in [3.8, 4) is 5.75 Å². The first-order valence-electron chi connectivity index (χ1n) is 6.51. The van der Waals surface area contributed by atoms with E-state index in [-0.39, 0.29) is 5.97 Å². The molecule has 2 nitrogen and oxygen atoms in total. The number of carbonyl (C=O) groups is 1. The molecule has 0 aromatic heterocycles. The maximum atomic E-state index is 11.8. The summed E-state index contributed by atoms with van der Waals surface area (Å²) in [5.41, 5.74) is 2.83. The van der Waals surface area contributed by atoms with E-state index in [9.17, 15) is 4.79 Å². The van der Waals surface area contributed by atoms with Crippen LogP contribution >= 0.6 is 0 Å². The van der Waals surface area contributed by atoms with Gasteiger partial charge in [0.15, 0.2) is 0 Å². The van der Waals surface area contributed by atoms with Crippen LogP contribution in [-0.2, 0) is 0 Å². The van der Waals surface area contributed by atoms with Crippen LogP contribution in [0.15, 0.2) is 48.5 Å². The van der Waals surface area contributed by atoms with Crippen molar-refractivity contribution in [2.75, 3.05) is 0 Å². The van der Waals surface area contributed by atoms with Gasteiger partial charge in [0.25, 0.3) is 0 Å². The average Bonchev–Trinajstić information content (AvgIpc) is 2.44. The van der Waals surface area contributed by atoms with E-state index in [1.165, 1.54) is 0 Å². The highest BCUT2D eigenvalue weighted by Gasteiger charge is 2.07. The van der Waals surface area contributed by atoms with Gasteiger partial charge in [-0.1, -0.05) is 49.2 Å². The Hall–Kier alpha value is -2.09. The minimum absolute atomic E-state index is 0.325. The molecule has 0 bridgehead atoms. The quantitative estimate of drug-likeness (QED) is 0.582. The molecule has 0 aliphatic carbocycles. The van der Waals surface area contributed by atoms with Gasteiger partial charge in [0, 0.05) is 0 Å². The fraction of sp³-hybridized carbons (Fsp3) is 0.235. The molecule has 2 aromatic carbocycles. The molecule has 2 aromatic rings. The fourth-order valence-corrected chi connectivity index (χ4v) is 1.46. The Morgan fingerprint density at radius 3 is 1.68 bits per heavy atom. The van der Waals surface area contributed by atoms with Crippen LogP contribution in [0.5, 0.6) is 5.75 Å². The summed E-state index contributed by atoms with van der Waals surface area (Å²) < 4.78 is 5.26. The van der Waals surface area contributed by atoms with Crippen molar-refractivity contribution in [2.24, 2.45) is 0 Å². The third kappa shape index (κ3) is 4.59. The Bertz CT molecular complexity index is 510. The number of hydrogen-bond donors (Lipinski definition) is 0. The van der Waals surface area contributed by atoms with Gasteiger partial charge in [-0.3, -0.25) is 0 Å². The zero-order chi connectivity index (χ0) is 14.3. The number of carbonyl (C=O) groups excluding carboxylic acids is 1. The van der Waals surface area contributed by atoms with Crippen LogP contribution in [0.4, 0.5) is 0 Å². The molecule has 0 aliphatic heterocycles. The molecular formula is C17H20O2. The van der Waals surface area contributed by atoms with Crippen molar-refractivity contribution >= 4 is 5.97 Å². The molecule has 2 rings (SSSR count). The minimum Gasteiger partial charge on any atom is -0.423 e. The normalized spacial score (nSPS) is 9.26. The smallest absolute Gasteiger partial charge is 0.343 e. The summed E-state index contributed by atoms with van der Waals surface area (Å²) in [6.45, 7) is 7.97. The highest BCUT2D eigenvalue weighted by molar-refractivity contribution is 5.91. The molecule has 0 saturated carbocycles. The second kappa shape index (κ2) is 7.37. The Balaban J connectivity index is 0.000000861. The first-order valence-corrected chi connectivity index (χ1v) is 6.51. The zero-order valence-electron chi connectivity index (χ0n) is 11.9. The average molecular weight is 256 g/mol. The molecule has 0 saturated heterocycles. The number of esters is 1. The topological polar surface area (TPSA) is 26.3 Å². The van der Waals surface area contributed by atoms with E-state index >= 15 is 0 Å². The summed E-state index contributed by atoms with van der Waals surface area (Å²) in [5, 5.41) is 0. The molecule has 0 heterocycles. The predicted octanol–water partition coefficient (Wildman–Crippen LogP) is 4.55.